The third-order valence-electron chi connectivity index (χ3n) is 2.91. The molecule has 0 saturated carbocycles. The number of aryl methyl sites for hydroxylation is 1. The number of carbonyl (C=O) groups is 2. The minimum atomic E-state index is -0.224. The Bertz CT molecular complexity index is 459. The predicted molar refractivity (Wildman–Crippen MR) is 69.4 cm³/mol. The normalized spacial score (nSPS) is 15.2. The van der Waals surface area contributed by atoms with Gasteiger partial charge in [0, 0.05) is 18.8 Å². The van der Waals surface area contributed by atoms with Crippen LogP contribution in [0.25, 0.3) is 0 Å². The Balaban J connectivity index is 1.99. The van der Waals surface area contributed by atoms with Crippen LogP contribution in [0.2, 0.25) is 0 Å². The van der Waals surface area contributed by atoms with E-state index < -0.39 is 0 Å². The van der Waals surface area contributed by atoms with Gasteiger partial charge in [0.05, 0.1) is 0 Å². The summed E-state index contributed by atoms with van der Waals surface area (Å²) >= 11 is 0. The van der Waals surface area contributed by atoms with Gasteiger partial charge in [0.2, 0.25) is 5.91 Å². The van der Waals surface area contributed by atoms with Crippen LogP contribution in [0.4, 0.5) is 10.5 Å². The number of urea groups is 1. The molecule has 0 spiro atoms. The lowest BCUT2D eigenvalue weighted by Gasteiger charge is -2.26. The van der Waals surface area contributed by atoms with E-state index in [2.05, 4.69) is 17.6 Å². The molecular formula is C13H17N3O2. The van der Waals surface area contributed by atoms with E-state index in [0.29, 0.717) is 13.1 Å². The van der Waals surface area contributed by atoms with E-state index in [0.717, 1.165) is 12.1 Å². The van der Waals surface area contributed by atoms with Crippen LogP contribution in [0.3, 0.4) is 0 Å². The van der Waals surface area contributed by atoms with Crippen molar-refractivity contribution >= 4 is 17.6 Å². The third-order valence-corrected chi connectivity index (χ3v) is 2.91. The van der Waals surface area contributed by atoms with Gasteiger partial charge in [-0.05, 0) is 24.1 Å². The lowest BCUT2D eigenvalue weighted by molar-refractivity contribution is -0.123. The second-order valence-corrected chi connectivity index (χ2v) is 4.26. The number of nitrogens with zero attached hydrogens (tertiary/aromatic N) is 1. The zero-order valence-corrected chi connectivity index (χ0v) is 10.4. The van der Waals surface area contributed by atoms with E-state index in [-0.39, 0.29) is 18.5 Å². The first-order valence-electron chi connectivity index (χ1n) is 6.10. The summed E-state index contributed by atoms with van der Waals surface area (Å²) in [5, 5.41) is 5.50. The Morgan fingerprint density at radius 3 is 3.06 bits per heavy atom. The summed E-state index contributed by atoms with van der Waals surface area (Å²) in [5.41, 5.74) is 1.94. The van der Waals surface area contributed by atoms with Crippen molar-refractivity contribution in [1.29, 1.82) is 0 Å². The highest BCUT2D eigenvalue weighted by Crippen LogP contribution is 2.12. The van der Waals surface area contributed by atoms with E-state index in [1.165, 1.54) is 10.5 Å². The summed E-state index contributed by atoms with van der Waals surface area (Å²) < 4.78 is 0. The maximum absolute atomic E-state index is 11.9. The van der Waals surface area contributed by atoms with Crippen molar-refractivity contribution in [1.82, 2.24) is 10.2 Å². The molecule has 0 atom stereocenters. The Kier molecular flexibility index (Phi) is 3.82. The molecule has 1 aromatic rings. The van der Waals surface area contributed by atoms with Gasteiger partial charge in [0.15, 0.2) is 0 Å². The molecule has 3 amide bonds. The van der Waals surface area contributed by atoms with Gasteiger partial charge in [-0.3, -0.25) is 4.79 Å². The van der Waals surface area contributed by atoms with Gasteiger partial charge in [-0.15, -0.1) is 0 Å². The Hall–Kier alpha value is -2.04. The third kappa shape index (κ3) is 3.00. The van der Waals surface area contributed by atoms with Gasteiger partial charge >= 0.3 is 6.03 Å². The molecule has 0 unspecified atom stereocenters. The van der Waals surface area contributed by atoms with Gasteiger partial charge in [-0.1, -0.05) is 19.1 Å². The smallest absolute Gasteiger partial charge is 0.322 e. The second kappa shape index (κ2) is 5.53. The van der Waals surface area contributed by atoms with Gasteiger partial charge in [0.1, 0.15) is 6.54 Å². The monoisotopic (exact) mass is 247 g/mol. The molecule has 96 valence electrons. The highest BCUT2D eigenvalue weighted by atomic mass is 16.2. The van der Waals surface area contributed by atoms with E-state index in [4.69, 9.17) is 0 Å². The van der Waals surface area contributed by atoms with Crippen LogP contribution < -0.4 is 10.6 Å². The predicted octanol–water partition coefficient (Wildman–Crippen LogP) is 1.21. The largest absolute Gasteiger partial charge is 0.353 e. The number of hydrogen-bond donors (Lipinski definition) is 2. The molecule has 0 radical (unpaired) electrons. The lowest BCUT2D eigenvalue weighted by Crippen LogP contribution is -2.51. The van der Waals surface area contributed by atoms with Crippen LogP contribution in [0.5, 0.6) is 0 Å². The average Bonchev–Trinajstić information content (AvgIpc) is 2.39. The maximum atomic E-state index is 11.9. The fraction of sp³-hybridized carbons (Fsp3) is 0.385. The van der Waals surface area contributed by atoms with Crippen molar-refractivity contribution in [3.05, 3.63) is 29.8 Å². The van der Waals surface area contributed by atoms with E-state index in [9.17, 15) is 9.59 Å². The standard InChI is InChI=1S/C13H17N3O2/c1-2-10-4-3-5-11(8-10)15-13(18)16-7-6-14-12(17)9-16/h3-5,8H,2,6-7,9H2,1H3,(H,14,17)(H,15,18). The number of nitrogens with one attached hydrogen (secondary N) is 2. The number of hydrogen-bond acceptors (Lipinski definition) is 2. The van der Waals surface area contributed by atoms with Crippen molar-refractivity contribution in [2.75, 3.05) is 25.0 Å². The van der Waals surface area contributed by atoms with Gasteiger partial charge < -0.3 is 15.5 Å². The Morgan fingerprint density at radius 2 is 2.33 bits per heavy atom. The number of rotatable bonds is 2. The molecule has 1 aliphatic heterocycles. The first kappa shape index (κ1) is 12.4. The van der Waals surface area contributed by atoms with Crippen molar-refractivity contribution < 1.29 is 9.59 Å². The summed E-state index contributed by atoms with van der Waals surface area (Å²) in [6, 6.07) is 7.50. The van der Waals surface area contributed by atoms with Gasteiger partial charge in [-0.2, -0.15) is 0 Å². The summed E-state index contributed by atoms with van der Waals surface area (Å²) in [7, 11) is 0. The Labute approximate surface area is 106 Å². The number of benzene rings is 1. The molecule has 1 aliphatic rings. The van der Waals surface area contributed by atoms with Gasteiger partial charge in [-0.25, -0.2) is 4.79 Å². The summed E-state index contributed by atoms with van der Waals surface area (Å²) in [4.78, 5) is 24.7. The van der Waals surface area contributed by atoms with Crippen molar-refractivity contribution in [2.45, 2.75) is 13.3 Å². The van der Waals surface area contributed by atoms with E-state index >= 15 is 0 Å². The second-order valence-electron chi connectivity index (χ2n) is 4.26. The van der Waals surface area contributed by atoms with Crippen LogP contribution in [-0.2, 0) is 11.2 Å². The number of piperazine rings is 1. The highest BCUT2D eigenvalue weighted by Gasteiger charge is 2.20. The van der Waals surface area contributed by atoms with Crippen LogP contribution >= 0.6 is 0 Å². The summed E-state index contributed by atoms with van der Waals surface area (Å²) in [5.74, 6) is -0.112. The Morgan fingerprint density at radius 1 is 1.50 bits per heavy atom. The van der Waals surface area contributed by atoms with E-state index in [1.807, 2.05) is 24.3 Å². The zero-order chi connectivity index (χ0) is 13.0. The fourth-order valence-electron chi connectivity index (χ4n) is 1.88. The lowest BCUT2D eigenvalue weighted by atomic mass is 10.1. The first-order valence-corrected chi connectivity index (χ1v) is 6.10. The maximum Gasteiger partial charge on any atom is 0.322 e. The van der Waals surface area contributed by atoms with Crippen LogP contribution in [0.15, 0.2) is 24.3 Å². The molecular weight excluding hydrogens is 230 g/mol. The van der Waals surface area contributed by atoms with Gasteiger partial charge in [0.25, 0.3) is 0 Å². The average molecular weight is 247 g/mol. The van der Waals surface area contributed by atoms with Crippen molar-refractivity contribution in [2.24, 2.45) is 0 Å². The first-order chi connectivity index (χ1) is 8.69. The molecule has 0 aliphatic carbocycles. The molecule has 1 saturated heterocycles. The van der Waals surface area contributed by atoms with Crippen molar-refractivity contribution in [3.8, 4) is 0 Å². The molecule has 0 aromatic heterocycles. The highest BCUT2D eigenvalue weighted by molar-refractivity contribution is 5.93. The molecule has 1 fully saturated rings. The van der Waals surface area contributed by atoms with Crippen molar-refractivity contribution in [3.63, 3.8) is 0 Å². The SMILES string of the molecule is CCc1cccc(NC(=O)N2CCNC(=O)C2)c1. The van der Waals surface area contributed by atoms with Crippen LogP contribution in [-0.4, -0.2) is 36.5 Å². The number of carbonyl (C=O) groups excluding carboxylic acids is 2. The fourth-order valence-corrected chi connectivity index (χ4v) is 1.88. The van der Waals surface area contributed by atoms with E-state index in [1.54, 1.807) is 0 Å². The molecule has 2 N–H and O–H groups in total. The zero-order valence-electron chi connectivity index (χ0n) is 10.4. The minimum absolute atomic E-state index is 0.112. The van der Waals surface area contributed by atoms with Crippen LogP contribution in [0, 0.1) is 0 Å². The quantitative estimate of drug-likeness (QED) is 0.825. The molecule has 1 aromatic carbocycles. The molecule has 5 heteroatoms. The molecule has 1 heterocycles. The van der Waals surface area contributed by atoms with Crippen LogP contribution in [0.1, 0.15) is 12.5 Å². The molecule has 2 rings (SSSR count). The summed E-state index contributed by atoms with van der Waals surface area (Å²) in [6.45, 7) is 3.25. The topological polar surface area (TPSA) is 61.4 Å². The molecule has 18 heavy (non-hydrogen) atoms. The minimum Gasteiger partial charge on any atom is -0.353 e. The number of amides is 3. The summed E-state index contributed by atoms with van der Waals surface area (Å²) in [6.07, 6.45) is 0.926. The molecule has 5 nitrogen and oxygen atoms in total. The number of anilines is 1. The molecule has 0 bridgehead atoms.